The van der Waals surface area contributed by atoms with Crippen LogP contribution in [0.15, 0.2) is 42.2 Å². The van der Waals surface area contributed by atoms with E-state index in [2.05, 4.69) is 25.4 Å². The maximum atomic E-state index is 12.6. The highest BCUT2D eigenvalue weighted by molar-refractivity contribution is 7.13. The Labute approximate surface area is 142 Å². The Bertz CT molecular complexity index is 793. The summed E-state index contributed by atoms with van der Waals surface area (Å²) < 4.78 is 1.56. The summed E-state index contributed by atoms with van der Waals surface area (Å²) in [5.41, 5.74) is 1.50. The van der Waals surface area contributed by atoms with Gasteiger partial charge in [-0.3, -0.25) is 4.79 Å². The van der Waals surface area contributed by atoms with Crippen molar-refractivity contribution >= 4 is 22.4 Å². The van der Waals surface area contributed by atoms with Crippen molar-refractivity contribution in [2.24, 2.45) is 0 Å². The zero-order chi connectivity index (χ0) is 16.4. The highest BCUT2D eigenvalue weighted by Crippen LogP contribution is 2.20. The summed E-state index contributed by atoms with van der Waals surface area (Å²) in [7, 11) is 0. The van der Waals surface area contributed by atoms with Crippen molar-refractivity contribution in [3.63, 3.8) is 0 Å². The SMILES string of the molecule is O=C(c1ccc(-n2cnnn2)cc1)N1CCN(c2nccs2)CC1. The van der Waals surface area contributed by atoms with Crippen molar-refractivity contribution in [2.75, 3.05) is 31.1 Å². The van der Waals surface area contributed by atoms with Crippen LogP contribution in [0.2, 0.25) is 0 Å². The average molecular weight is 341 g/mol. The van der Waals surface area contributed by atoms with Gasteiger partial charge >= 0.3 is 0 Å². The Morgan fingerprint density at radius 1 is 1.08 bits per heavy atom. The first kappa shape index (κ1) is 14.8. The second kappa shape index (κ2) is 6.36. The van der Waals surface area contributed by atoms with Crippen molar-refractivity contribution in [1.82, 2.24) is 30.1 Å². The highest BCUT2D eigenvalue weighted by Gasteiger charge is 2.23. The Balaban J connectivity index is 1.41. The van der Waals surface area contributed by atoms with E-state index in [0.29, 0.717) is 18.7 Å². The number of nitrogens with zero attached hydrogens (tertiary/aromatic N) is 7. The number of tetrazole rings is 1. The van der Waals surface area contributed by atoms with Crippen LogP contribution < -0.4 is 4.90 Å². The molecule has 1 aromatic carbocycles. The minimum Gasteiger partial charge on any atom is -0.345 e. The van der Waals surface area contributed by atoms with E-state index in [-0.39, 0.29) is 5.91 Å². The van der Waals surface area contributed by atoms with Gasteiger partial charge in [0.1, 0.15) is 6.33 Å². The molecule has 8 nitrogen and oxygen atoms in total. The number of carbonyl (C=O) groups excluding carboxylic acids is 1. The molecule has 3 heterocycles. The lowest BCUT2D eigenvalue weighted by molar-refractivity contribution is 0.0747. The molecule has 122 valence electrons. The van der Waals surface area contributed by atoms with Gasteiger partial charge in [0.05, 0.1) is 5.69 Å². The van der Waals surface area contributed by atoms with Crippen molar-refractivity contribution in [1.29, 1.82) is 0 Å². The van der Waals surface area contributed by atoms with Gasteiger partial charge in [-0.2, -0.15) is 0 Å². The summed E-state index contributed by atoms with van der Waals surface area (Å²) in [4.78, 5) is 21.1. The van der Waals surface area contributed by atoms with Crippen LogP contribution in [0, 0.1) is 0 Å². The second-order valence-corrected chi connectivity index (χ2v) is 6.27. The third-order valence-corrected chi connectivity index (χ3v) is 4.82. The van der Waals surface area contributed by atoms with Crippen LogP contribution in [-0.4, -0.2) is 62.2 Å². The van der Waals surface area contributed by atoms with E-state index < -0.39 is 0 Å². The van der Waals surface area contributed by atoms with E-state index >= 15 is 0 Å². The molecule has 1 fully saturated rings. The van der Waals surface area contributed by atoms with E-state index in [0.717, 1.165) is 23.9 Å². The monoisotopic (exact) mass is 341 g/mol. The molecular weight excluding hydrogens is 326 g/mol. The number of rotatable bonds is 3. The zero-order valence-electron chi connectivity index (χ0n) is 12.8. The van der Waals surface area contributed by atoms with Crippen molar-refractivity contribution in [3.8, 4) is 5.69 Å². The average Bonchev–Trinajstić information content (AvgIpc) is 3.35. The topological polar surface area (TPSA) is 80.0 Å². The lowest BCUT2D eigenvalue weighted by Crippen LogP contribution is -2.48. The van der Waals surface area contributed by atoms with Gasteiger partial charge < -0.3 is 9.80 Å². The maximum absolute atomic E-state index is 12.6. The smallest absolute Gasteiger partial charge is 0.253 e. The number of carbonyl (C=O) groups is 1. The molecule has 0 radical (unpaired) electrons. The number of hydrogen-bond donors (Lipinski definition) is 0. The predicted octanol–water partition coefficient (Wildman–Crippen LogP) is 1.08. The van der Waals surface area contributed by atoms with Gasteiger partial charge in [0.25, 0.3) is 5.91 Å². The van der Waals surface area contributed by atoms with Gasteiger partial charge in [0.2, 0.25) is 0 Å². The van der Waals surface area contributed by atoms with Crippen molar-refractivity contribution in [2.45, 2.75) is 0 Å². The summed E-state index contributed by atoms with van der Waals surface area (Å²) >= 11 is 1.63. The minimum atomic E-state index is 0.0528. The molecule has 1 saturated heterocycles. The normalized spacial score (nSPS) is 14.8. The lowest BCUT2D eigenvalue weighted by atomic mass is 10.1. The molecular formula is C15H15N7OS. The molecule has 1 aliphatic rings. The molecule has 0 spiro atoms. The number of anilines is 1. The lowest BCUT2D eigenvalue weighted by Gasteiger charge is -2.34. The van der Waals surface area contributed by atoms with Gasteiger partial charge in [-0.15, -0.1) is 16.4 Å². The van der Waals surface area contributed by atoms with Gasteiger partial charge in [0.15, 0.2) is 5.13 Å². The molecule has 0 unspecified atom stereocenters. The Morgan fingerprint density at radius 3 is 2.50 bits per heavy atom. The number of thiazole rings is 1. The van der Waals surface area contributed by atoms with Gasteiger partial charge in [-0.05, 0) is 34.7 Å². The Kier molecular flexibility index (Phi) is 3.91. The number of piperazine rings is 1. The number of hydrogen-bond acceptors (Lipinski definition) is 7. The standard InChI is InChI=1S/C15H15N7OS/c23-14(12-1-3-13(4-2-12)22-11-17-18-19-22)20-6-8-21(9-7-20)15-16-5-10-24-15/h1-5,10-11H,6-9H2. The fourth-order valence-electron chi connectivity index (χ4n) is 2.69. The predicted molar refractivity (Wildman–Crippen MR) is 89.4 cm³/mol. The van der Waals surface area contributed by atoms with Gasteiger partial charge in [-0.1, -0.05) is 0 Å². The van der Waals surface area contributed by atoms with E-state index in [4.69, 9.17) is 0 Å². The highest BCUT2D eigenvalue weighted by atomic mass is 32.1. The van der Waals surface area contributed by atoms with Crippen LogP contribution in [0.3, 0.4) is 0 Å². The molecule has 9 heteroatoms. The number of benzene rings is 1. The third-order valence-electron chi connectivity index (χ3n) is 3.98. The first-order valence-electron chi connectivity index (χ1n) is 7.58. The molecule has 0 aliphatic carbocycles. The molecule has 0 bridgehead atoms. The molecule has 2 aromatic heterocycles. The summed E-state index contributed by atoms with van der Waals surface area (Å²) in [6, 6.07) is 7.31. The van der Waals surface area contributed by atoms with E-state index in [1.54, 1.807) is 16.0 Å². The molecule has 0 N–H and O–H groups in total. The quantitative estimate of drug-likeness (QED) is 0.709. The first-order chi connectivity index (χ1) is 11.8. The molecule has 1 aliphatic heterocycles. The molecule has 0 saturated carbocycles. The van der Waals surface area contributed by atoms with Crippen molar-refractivity contribution < 1.29 is 4.79 Å². The Hall–Kier alpha value is -2.81. The van der Waals surface area contributed by atoms with Crippen LogP contribution in [0.1, 0.15) is 10.4 Å². The van der Waals surface area contributed by atoms with E-state index in [1.165, 1.54) is 6.33 Å². The number of amides is 1. The minimum absolute atomic E-state index is 0.0528. The summed E-state index contributed by atoms with van der Waals surface area (Å²) in [5.74, 6) is 0.0528. The van der Waals surface area contributed by atoms with Crippen LogP contribution in [0.5, 0.6) is 0 Å². The Morgan fingerprint density at radius 2 is 1.88 bits per heavy atom. The maximum Gasteiger partial charge on any atom is 0.253 e. The van der Waals surface area contributed by atoms with Crippen LogP contribution in [-0.2, 0) is 0 Å². The molecule has 1 amide bonds. The van der Waals surface area contributed by atoms with Crippen LogP contribution >= 0.6 is 11.3 Å². The first-order valence-corrected chi connectivity index (χ1v) is 8.46. The number of aromatic nitrogens is 5. The van der Waals surface area contributed by atoms with Crippen LogP contribution in [0.4, 0.5) is 5.13 Å². The molecule has 0 atom stereocenters. The van der Waals surface area contributed by atoms with Gasteiger partial charge in [-0.25, -0.2) is 9.67 Å². The fraction of sp³-hybridized carbons (Fsp3) is 0.267. The second-order valence-electron chi connectivity index (χ2n) is 5.40. The fourth-order valence-corrected chi connectivity index (χ4v) is 3.39. The molecule has 24 heavy (non-hydrogen) atoms. The summed E-state index contributed by atoms with van der Waals surface area (Å²) in [6.07, 6.45) is 3.33. The third kappa shape index (κ3) is 2.85. The molecule has 4 rings (SSSR count). The molecule has 3 aromatic rings. The van der Waals surface area contributed by atoms with E-state index in [9.17, 15) is 4.79 Å². The van der Waals surface area contributed by atoms with Gasteiger partial charge in [0, 0.05) is 43.3 Å². The van der Waals surface area contributed by atoms with Crippen LogP contribution in [0.25, 0.3) is 5.69 Å². The summed E-state index contributed by atoms with van der Waals surface area (Å²) in [6.45, 7) is 3.02. The zero-order valence-corrected chi connectivity index (χ0v) is 13.6. The summed E-state index contributed by atoms with van der Waals surface area (Å²) in [5, 5.41) is 14.0. The largest absolute Gasteiger partial charge is 0.345 e. The van der Waals surface area contributed by atoms with Crippen molar-refractivity contribution in [3.05, 3.63) is 47.7 Å². The van der Waals surface area contributed by atoms with E-state index in [1.807, 2.05) is 40.7 Å².